The molecule has 17 heavy (non-hydrogen) atoms. The average Bonchev–Trinajstić information content (AvgIpc) is 2.36. The second-order valence-corrected chi connectivity index (χ2v) is 5.88. The molecule has 102 valence electrons. The van der Waals surface area contributed by atoms with Crippen molar-refractivity contribution in [1.82, 2.24) is 4.90 Å². The van der Waals surface area contributed by atoms with E-state index in [0.29, 0.717) is 6.04 Å². The Morgan fingerprint density at radius 3 is 2.53 bits per heavy atom. The van der Waals surface area contributed by atoms with Crippen LogP contribution >= 0.6 is 0 Å². The van der Waals surface area contributed by atoms with E-state index in [0.717, 1.165) is 32.4 Å². The fraction of sp³-hybridized carbons (Fsp3) is 1.00. The Labute approximate surface area is 107 Å². The van der Waals surface area contributed by atoms with Crippen molar-refractivity contribution < 1.29 is 4.74 Å². The van der Waals surface area contributed by atoms with Crippen molar-refractivity contribution >= 4 is 0 Å². The summed E-state index contributed by atoms with van der Waals surface area (Å²) in [4.78, 5) is 2.49. The minimum absolute atomic E-state index is 0.000653. The van der Waals surface area contributed by atoms with Crippen molar-refractivity contribution in [2.24, 2.45) is 5.73 Å². The number of hydrogen-bond acceptors (Lipinski definition) is 3. The fourth-order valence-corrected chi connectivity index (χ4v) is 2.91. The summed E-state index contributed by atoms with van der Waals surface area (Å²) >= 11 is 0. The zero-order valence-electron chi connectivity index (χ0n) is 12.3. The second kappa shape index (κ2) is 5.68. The first-order valence-corrected chi connectivity index (χ1v) is 7.00. The van der Waals surface area contributed by atoms with Crippen LogP contribution in [0.25, 0.3) is 0 Å². The molecule has 0 aliphatic carbocycles. The highest BCUT2D eigenvalue weighted by Gasteiger charge is 2.44. The zero-order valence-corrected chi connectivity index (χ0v) is 12.3. The van der Waals surface area contributed by atoms with E-state index < -0.39 is 0 Å². The molecule has 2 N–H and O–H groups in total. The van der Waals surface area contributed by atoms with E-state index in [1.54, 1.807) is 0 Å². The van der Waals surface area contributed by atoms with Crippen LogP contribution in [0.5, 0.6) is 0 Å². The molecule has 0 spiro atoms. The minimum atomic E-state index is -0.000653. The van der Waals surface area contributed by atoms with Gasteiger partial charge in [0.1, 0.15) is 0 Å². The number of likely N-dealkylation sites (N-methyl/N-ethyl adjacent to an activating group) is 1. The second-order valence-electron chi connectivity index (χ2n) is 5.88. The van der Waals surface area contributed by atoms with Gasteiger partial charge in [-0.25, -0.2) is 0 Å². The molecule has 3 nitrogen and oxygen atoms in total. The van der Waals surface area contributed by atoms with Crippen molar-refractivity contribution in [1.29, 1.82) is 0 Å². The van der Waals surface area contributed by atoms with Gasteiger partial charge in [0.15, 0.2) is 0 Å². The van der Waals surface area contributed by atoms with Gasteiger partial charge >= 0.3 is 0 Å². The maximum atomic E-state index is 6.11. The molecule has 3 heteroatoms. The van der Waals surface area contributed by atoms with Crippen LogP contribution in [-0.4, -0.2) is 42.3 Å². The third kappa shape index (κ3) is 3.01. The molecule has 3 unspecified atom stereocenters. The van der Waals surface area contributed by atoms with Crippen molar-refractivity contribution in [3.8, 4) is 0 Å². The number of rotatable bonds is 5. The Balaban J connectivity index is 2.87. The van der Waals surface area contributed by atoms with Gasteiger partial charge < -0.3 is 10.5 Å². The number of nitrogens with zero attached hydrogens (tertiary/aromatic N) is 1. The smallest absolute Gasteiger partial charge is 0.0670 e. The third-order valence-corrected chi connectivity index (χ3v) is 4.85. The summed E-state index contributed by atoms with van der Waals surface area (Å²) in [6.45, 7) is 10.5. The predicted molar refractivity (Wildman–Crippen MR) is 73.2 cm³/mol. The summed E-state index contributed by atoms with van der Waals surface area (Å²) < 4.78 is 5.95. The molecule has 0 aromatic rings. The Morgan fingerprint density at radius 1 is 1.41 bits per heavy atom. The molecule has 0 aromatic carbocycles. The SMILES string of the molecule is CCC(C)N(C)C1(CN)CCOC(C)(CC)C1. The van der Waals surface area contributed by atoms with Crippen LogP contribution in [0.15, 0.2) is 0 Å². The molecule has 1 rings (SSSR count). The first-order chi connectivity index (χ1) is 7.93. The first kappa shape index (κ1) is 14.9. The van der Waals surface area contributed by atoms with Gasteiger partial charge in [-0.15, -0.1) is 0 Å². The topological polar surface area (TPSA) is 38.5 Å². The predicted octanol–water partition coefficient (Wildman–Crippen LogP) is 2.39. The maximum absolute atomic E-state index is 6.11. The molecule has 3 atom stereocenters. The van der Waals surface area contributed by atoms with Crippen molar-refractivity contribution in [3.63, 3.8) is 0 Å². The highest BCUT2D eigenvalue weighted by Crippen LogP contribution is 2.38. The minimum Gasteiger partial charge on any atom is -0.375 e. The quantitative estimate of drug-likeness (QED) is 0.804. The molecule has 1 aliphatic heterocycles. The normalized spacial score (nSPS) is 36.2. The molecule has 0 saturated carbocycles. The van der Waals surface area contributed by atoms with Gasteiger partial charge in [-0.2, -0.15) is 0 Å². The monoisotopic (exact) mass is 242 g/mol. The summed E-state index contributed by atoms with van der Waals surface area (Å²) in [7, 11) is 2.22. The standard InChI is InChI=1S/C14H30N2O/c1-6-12(3)16(5)14(11-15)8-9-17-13(4,7-2)10-14/h12H,6-11,15H2,1-5H3. The van der Waals surface area contributed by atoms with Crippen molar-refractivity contribution in [3.05, 3.63) is 0 Å². The average molecular weight is 242 g/mol. The molecule has 1 saturated heterocycles. The van der Waals surface area contributed by atoms with E-state index in [1.807, 2.05) is 0 Å². The number of nitrogens with two attached hydrogens (primary N) is 1. The van der Waals surface area contributed by atoms with Crippen molar-refractivity contribution in [2.75, 3.05) is 20.2 Å². The summed E-state index contributed by atoms with van der Waals surface area (Å²) in [5.41, 5.74) is 6.23. The number of hydrogen-bond donors (Lipinski definition) is 1. The van der Waals surface area contributed by atoms with Gasteiger partial charge in [0.25, 0.3) is 0 Å². The van der Waals surface area contributed by atoms with Gasteiger partial charge in [0.05, 0.1) is 5.60 Å². The molecular formula is C14H30N2O. The van der Waals surface area contributed by atoms with E-state index in [9.17, 15) is 0 Å². The lowest BCUT2D eigenvalue weighted by Crippen LogP contribution is -2.61. The third-order valence-electron chi connectivity index (χ3n) is 4.85. The van der Waals surface area contributed by atoms with E-state index in [2.05, 4.69) is 39.6 Å². The Bertz CT molecular complexity index is 246. The van der Waals surface area contributed by atoms with Crippen LogP contribution in [0.2, 0.25) is 0 Å². The highest BCUT2D eigenvalue weighted by molar-refractivity contribution is 5.00. The Hall–Kier alpha value is -0.120. The van der Waals surface area contributed by atoms with E-state index in [4.69, 9.17) is 10.5 Å². The zero-order chi connectivity index (χ0) is 13.1. The van der Waals surface area contributed by atoms with Crippen LogP contribution in [-0.2, 0) is 4.74 Å². The van der Waals surface area contributed by atoms with Gasteiger partial charge in [-0.3, -0.25) is 4.90 Å². The highest BCUT2D eigenvalue weighted by atomic mass is 16.5. The Morgan fingerprint density at radius 2 is 2.06 bits per heavy atom. The van der Waals surface area contributed by atoms with Crippen LogP contribution in [0, 0.1) is 0 Å². The van der Waals surface area contributed by atoms with Gasteiger partial charge in [-0.1, -0.05) is 13.8 Å². The molecule has 0 bridgehead atoms. The van der Waals surface area contributed by atoms with E-state index in [1.165, 1.54) is 6.42 Å². The molecular weight excluding hydrogens is 212 g/mol. The van der Waals surface area contributed by atoms with Crippen LogP contribution in [0.4, 0.5) is 0 Å². The van der Waals surface area contributed by atoms with Gasteiger partial charge in [0, 0.05) is 24.7 Å². The lowest BCUT2D eigenvalue weighted by molar-refractivity contribution is -0.130. The summed E-state index contributed by atoms with van der Waals surface area (Å²) in [6.07, 6.45) is 4.33. The van der Waals surface area contributed by atoms with Crippen LogP contribution in [0.3, 0.4) is 0 Å². The van der Waals surface area contributed by atoms with E-state index >= 15 is 0 Å². The fourth-order valence-electron chi connectivity index (χ4n) is 2.91. The van der Waals surface area contributed by atoms with E-state index in [-0.39, 0.29) is 11.1 Å². The molecule has 1 heterocycles. The number of ether oxygens (including phenoxy) is 1. The van der Waals surface area contributed by atoms with Crippen LogP contribution in [0.1, 0.15) is 53.4 Å². The molecule has 1 aliphatic rings. The lowest BCUT2D eigenvalue weighted by Gasteiger charge is -2.52. The summed E-state index contributed by atoms with van der Waals surface area (Å²) in [5, 5.41) is 0. The van der Waals surface area contributed by atoms with Crippen LogP contribution < -0.4 is 5.73 Å². The van der Waals surface area contributed by atoms with Gasteiger partial charge in [0.2, 0.25) is 0 Å². The summed E-state index contributed by atoms with van der Waals surface area (Å²) in [5.74, 6) is 0. The maximum Gasteiger partial charge on any atom is 0.0670 e. The summed E-state index contributed by atoms with van der Waals surface area (Å²) in [6, 6.07) is 0.581. The largest absolute Gasteiger partial charge is 0.375 e. The molecule has 0 aromatic heterocycles. The van der Waals surface area contributed by atoms with Gasteiger partial charge in [-0.05, 0) is 46.6 Å². The first-order valence-electron chi connectivity index (χ1n) is 7.00. The van der Waals surface area contributed by atoms with Crippen molar-refractivity contribution in [2.45, 2.75) is 70.6 Å². The molecule has 0 radical (unpaired) electrons. The molecule has 0 amide bonds. The molecule has 1 fully saturated rings. The lowest BCUT2D eigenvalue weighted by atomic mass is 9.77. The Kier molecular flexibility index (Phi) is 4.99.